The fourth-order valence-electron chi connectivity index (χ4n) is 2.38. The van der Waals surface area contributed by atoms with Gasteiger partial charge < -0.3 is 5.32 Å². The summed E-state index contributed by atoms with van der Waals surface area (Å²) < 4.78 is 1.62. The highest BCUT2D eigenvalue weighted by atomic mass is 32.2. The van der Waals surface area contributed by atoms with E-state index in [1.807, 2.05) is 43.5 Å². The van der Waals surface area contributed by atoms with E-state index in [1.165, 1.54) is 4.90 Å². The first kappa shape index (κ1) is 14.7. The second kappa shape index (κ2) is 6.23. The fraction of sp³-hybridized carbons (Fsp3) is 0.176. The molecule has 1 aromatic carbocycles. The molecule has 0 aliphatic heterocycles. The highest BCUT2D eigenvalue weighted by Gasteiger charge is 2.04. The predicted molar refractivity (Wildman–Crippen MR) is 91.7 cm³/mol. The molecule has 4 nitrogen and oxygen atoms in total. The molecule has 0 atom stereocenters. The number of pyridine rings is 1. The lowest BCUT2D eigenvalue weighted by Gasteiger charge is -2.09. The van der Waals surface area contributed by atoms with Crippen LogP contribution in [0.5, 0.6) is 0 Å². The van der Waals surface area contributed by atoms with Crippen LogP contribution in [0.15, 0.2) is 58.2 Å². The average molecular weight is 311 g/mol. The minimum atomic E-state index is -0.0437. The largest absolute Gasteiger partial charge is 0.379 e. The third-order valence-electron chi connectivity index (χ3n) is 3.48. The predicted octanol–water partition coefficient (Wildman–Crippen LogP) is 3.34. The summed E-state index contributed by atoms with van der Waals surface area (Å²) in [7, 11) is 0. The van der Waals surface area contributed by atoms with Crippen molar-refractivity contribution in [1.82, 2.24) is 9.38 Å². The molecule has 22 heavy (non-hydrogen) atoms. The highest BCUT2D eigenvalue weighted by molar-refractivity contribution is 7.98. The zero-order valence-electron chi connectivity index (χ0n) is 12.5. The number of thioether (sulfide) groups is 1. The average Bonchev–Trinajstić information content (AvgIpc) is 2.53. The van der Waals surface area contributed by atoms with E-state index in [-0.39, 0.29) is 5.56 Å². The molecule has 0 amide bonds. The Morgan fingerprint density at radius 3 is 2.82 bits per heavy atom. The SMILES string of the molecule is CSc1cccc(NCc2cc(=O)n3c(C)cccc3n2)c1. The van der Waals surface area contributed by atoms with E-state index in [1.54, 1.807) is 22.2 Å². The maximum absolute atomic E-state index is 12.2. The van der Waals surface area contributed by atoms with Crippen molar-refractivity contribution >= 4 is 23.1 Å². The van der Waals surface area contributed by atoms with Gasteiger partial charge in [-0.15, -0.1) is 11.8 Å². The molecule has 0 aliphatic carbocycles. The van der Waals surface area contributed by atoms with Crippen LogP contribution in [-0.2, 0) is 6.54 Å². The molecule has 0 radical (unpaired) electrons. The summed E-state index contributed by atoms with van der Waals surface area (Å²) in [5.41, 5.74) is 3.30. The first-order chi connectivity index (χ1) is 10.7. The second-order valence-corrected chi connectivity index (χ2v) is 5.91. The number of benzene rings is 1. The standard InChI is InChI=1S/C17H17N3OS/c1-12-5-3-8-16-19-14(10-17(21)20(12)16)11-18-13-6-4-7-15(9-13)22-2/h3-10,18H,11H2,1-2H3. The highest BCUT2D eigenvalue weighted by Crippen LogP contribution is 2.19. The molecule has 0 fully saturated rings. The zero-order valence-corrected chi connectivity index (χ0v) is 13.4. The molecule has 0 unspecified atom stereocenters. The summed E-state index contributed by atoms with van der Waals surface area (Å²) in [5.74, 6) is 0. The first-order valence-corrected chi connectivity index (χ1v) is 8.26. The lowest BCUT2D eigenvalue weighted by molar-refractivity contribution is 0.943. The number of anilines is 1. The van der Waals surface area contributed by atoms with E-state index >= 15 is 0 Å². The van der Waals surface area contributed by atoms with Crippen LogP contribution >= 0.6 is 11.8 Å². The zero-order chi connectivity index (χ0) is 15.5. The molecule has 3 aromatic rings. The van der Waals surface area contributed by atoms with E-state index in [0.29, 0.717) is 12.2 Å². The van der Waals surface area contributed by atoms with Crippen LogP contribution in [0.25, 0.3) is 5.65 Å². The molecular formula is C17H17N3OS. The first-order valence-electron chi connectivity index (χ1n) is 7.03. The lowest BCUT2D eigenvalue weighted by Crippen LogP contribution is -2.18. The number of nitrogens with zero attached hydrogens (tertiary/aromatic N) is 2. The van der Waals surface area contributed by atoms with Crippen molar-refractivity contribution in [2.75, 3.05) is 11.6 Å². The topological polar surface area (TPSA) is 46.4 Å². The minimum Gasteiger partial charge on any atom is -0.379 e. The summed E-state index contributed by atoms with van der Waals surface area (Å²) in [6.07, 6.45) is 2.05. The summed E-state index contributed by atoms with van der Waals surface area (Å²) in [6, 6.07) is 15.4. The van der Waals surface area contributed by atoms with Gasteiger partial charge in [0.1, 0.15) is 5.65 Å². The van der Waals surface area contributed by atoms with Gasteiger partial charge in [-0.25, -0.2) is 4.98 Å². The van der Waals surface area contributed by atoms with Crippen LogP contribution in [0, 0.1) is 6.92 Å². The van der Waals surface area contributed by atoms with Crippen molar-refractivity contribution in [3.8, 4) is 0 Å². The molecule has 3 rings (SSSR count). The molecular weight excluding hydrogens is 294 g/mol. The van der Waals surface area contributed by atoms with Gasteiger partial charge in [0.25, 0.3) is 5.56 Å². The molecule has 0 aliphatic rings. The molecule has 2 heterocycles. The van der Waals surface area contributed by atoms with E-state index in [4.69, 9.17) is 0 Å². The Morgan fingerprint density at radius 2 is 2.00 bits per heavy atom. The Morgan fingerprint density at radius 1 is 1.18 bits per heavy atom. The number of fused-ring (bicyclic) bond motifs is 1. The smallest absolute Gasteiger partial charge is 0.258 e. The maximum Gasteiger partial charge on any atom is 0.258 e. The van der Waals surface area contributed by atoms with Gasteiger partial charge in [-0.1, -0.05) is 12.1 Å². The molecule has 0 saturated heterocycles. The number of nitrogens with one attached hydrogen (secondary N) is 1. The number of rotatable bonds is 4. The van der Waals surface area contributed by atoms with Crippen molar-refractivity contribution in [1.29, 1.82) is 0 Å². The summed E-state index contributed by atoms with van der Waals surface area (Å²) >= 11 is 1.70. The van der Waals surface area contributed by atoms with Gasteiger partial charge >= 0.3 is 0 Å². The van der Waals surface area contributed by atoms with Crippen LogP contribution in [0.2, 0.25) is 0 Å². The fourth-order valence-corrected chi connectivity index (χ4v) is 2.84. The Labute approximate surface area is 133 Å². The third-order valence-corrected chi connectivity index (χ3v) is 4.20. The van der Waals surface area contributed by atoms with Gasteiger partial charge in [-0.05, 0) is 43.5 Å². The van der Waals surface area contributed by atoms with Gasteiger partial charge in [0, 0.05) is 22.3 Å². The van der Waals surface area contributed by atoms with Crippen LogP contribution in [0.3, 0.4) is 0 Å². The Balaban J connectivity index is 1.87. The van der Waals surface area contributed by atoms with Crippen LogP contribution in [0.4, 0.5) is 5.69 Å². The number of aryl methyl sites for hydroxylation is 1. The monoisotopic (exact) mass is 311 g/mol. The Hall–Kier alpha value is -2.27. The van der Waals surface area contributed by atoms with Crippen LogP contribution in [-0.4, -0.2) is 15.6 Å². The summed E-state index contributed by atoms with van der Waals surface area (Å²) in [4.78, 5) is 18.0. The van der Waals surface area contributed by atoms with Gasteiger partial charge in [-0.3, -0.25) is 9.20 Å². The number of hydrogen-bond acceptors (Lipinski definition) is 4. The normalized spacial score (nSPS) is 10.8. The Bertz CT molecular complexity index is 873. The third kappa shape index (κ3) is 2.99. The molecule has 0 saturated carbocycles. The van der Waals surface area contributed by atoms with Crippen LogP contribution < -0.4 is 10.9 Å². The summed E-state index contributed by atoms with van der Waals surface area (Å²) in [6.45, 7) is 2.43. The van der Waals surface area contributed by atoms with E-state index in [9.17, 15) is 4.79 Å². The molecule has 0 bridgehead atoms. The van der Waals surface area contributed by atoms with E-state index in [0.717, 1.165) is 17.1 Å². The molecule has 112 valence electrons. The van der Waals surface area contributed by atoms with Gasteiger partial charge in [0.2, 0.25) is 0 Å². The van der Waals surface area contributed by atoms with Crippen molar-refractivity contribution in [3.05, 3.63) is 70.3 Å². The van der Waals surface area contributed by atoms with E-state index < -0.39 is 0 Å². The van der Waals surface area contributed by atoms with Gasteiger partial charge in [-0.2, -0.15) is 0 Å². The molecule has 5 heteroatoms. The Kier molecular flexibility index (Phi) is 4.15. The van der Waals surface area contributed by atoms with Crippen molar-refractivity contribution in [3.63, 3.8) is 0 Å². The molecule has 2 aromatic heterocycles. The number of aromatic nitrogens is 2. The quantitative estimate of drug-likeness (QED) is 0.751. The van der Waals surface area contributed by atoms with Crippen molar-refractivity contribution in [2.24, 2.45) is 0 Å². The summed E-state index contributed by atoms with van der Waals surface area (Å²) in [5, 5.41) is 3.32. The van der Waals surface area contributed by atoms with Crippen molar-refractivity contribution in [2.45, 2.75) is 18.4 Å². The number of hydrogen-bond donors (Lipinski definition) is 1. The maximum atomic E-state index is 12.2. The lowest BCUT2D eigenvalue weighted by atomic mass is 10.3. The van der Waals surface area contributed by atoms with E-state index in [2.05, 4.69) is 22.4 Å². The second-order valence-electron chi connectivity index (χ2n) is 5.03. The van der Waals surface area contributed by atoms with Gasteiger partial charge in [0.15, 0.2) is 0 Å². The molecule has 0 spiro atoms. The minimum absolute atomic E-state index is 0.0437. The van der Waals surface area contributed by atoms with Crippen LogP contribution in [0.1, 0.15) is 11.4 Å². The van der Waals surface area contributed by atoms with Gasteiger partial charge in [0.05, 0.1) is 12.2 Å². The molecule has 1 N–H and O–H groups in total. The van der Waals surface area contributed by atoms with Crippen molar-refractivity contribution < 1.29 is 0 Å².